The molecule has 0 aromatic heterocycles. The summed E-state index contributed by atoms with van der Waals surface area (Å²) in [4.78, 5) is 52.6. The summed E-state index contributed by atoms with van der Waals surface area (Å²) in [6.45, 7) is 5.30. The summed E-state index contributed by atoms with van der Waals surface area (Å²) in [5.41, 5.74) is -2.01. The SMILES string of the molecule is COC(=O)C12CC3CC(CC(C(=O)NC(CC#CCC(=O)N(C)C)C(=O)OC(C)(C)C)(C3)C1)C2. The summed E-state index contributed by atoms with van der Waals surface area (Å²) in [7, 11) is 4.71. The van der Waals surface area contributed by atoms with E-state index in [1.165, 1.54) is 12.0 Å². The van der Waals surface area contributed by atoms with Crippen molar-refractivity contribution in [3.63, 3.8) is 0 Å². The number of carbonyl (C=O) groups excluding carboxylic acids is 4. The third kappa shape index (κ3) is 5.56. The Balaban J connectivity index is 1.78. The summed E-state index contributed by atoms with van der Waals surface area (Å²) in [6, 6.07) is -0.948. The Morgan fingerprint density at radius 2 is 1.62 bits per heavy atom. The van der Waals surface area contributed by atoms with Crippen LogP contribution in [0.25, 0.3) is 0 Å². The minimum absolute atomic E-state index is 0.0386. The Morgan fingerprint density at radius 1 is 1.03 bits per heavy atom. The quantitative estimate of drug-likeness (QED) is 0.469. The van der Waals surface area contributed by atoms with Crippen molar-refractivity contribution < 1.29 is 28.7 Å². The molecule has 4 aliphatic carbocycles. The van der Waals surface area contributed by atoms with Crippen LogP contribution in [0.5, 0.6) is 0 Å². The predicted octanol–water partition coefficient (Wildman–Crippen LogP) is 2.44. The van der Waals surface area contributed by atoms with E-state index < -0.39 is 28.4 Å². The molecule has 0 aliphatic heterocycles. The summed E-state index contributed by atoms with van der Waals surface area (Å²) < 4.78 is 10.7. The van der Waals surface area contributed by atoms with E-state index in [1.54, 1.807) is 34.9 Å². The van der Waals surface area contributed by atoms with Gasteiger partial charge in [-0.25, -0.2) is 4.79 Å². The maximum absolute atomic E-state index is 13.7. The van der Waals surface area contributed by atoms with Crippen molar-refractivity contribution in [2.75, 3.05) is 21.2 Å². The number of methoxy groups -OCH3 is 1. The summed E-state index contributed by atoms with van der Waals surface area (Å²) in [5, 5.41) is 2.92. The molecule has 4 bridgehead atoms. The fourth-order valence-electron chi connectivity index (χ4n) is 6.33. The number of nitrogens with one attached hydrogen (secondary N) is 1. The molecule has 0 aromatic rings. The lowest BCUT2D eigenvalue weighted by Gasteiger charge is -2.59. The second-order valence-electron chi connectivity index (χ2n) is 11.6. The van der Waals surface area contributed by atoms with Crippen LogP contribution in [0.4, 0.5) is 0 Å². The van der Waals surface area contributed by atoms with Gasteiger partial charge in [0.2, 0.25) is 11.8 Å². The summed E-state index contributed by atoms with van der Waals surface area (Å²) >= 11 is 0. The van der Waals surface area contributed by atoms with Gasteiger partial charge in [0.15, 0.2) is 0 Å². The third-order valence-electron chi connectivity index (χ3n) is 7.33. The van der Waals surface area contributed by atoms with Gasteiger partial charge in [0.05, 0.1) is 24.4 Å². The number of amides is 2. The minimum Gasteiger partial charge on any atom is -0.469 e. The molecule has 0 saturated heterocycles. The molecular formula is C26H38N2O6. The van der Waals surface area contributed by atoms with Gasteiger partial charge in [-0.1, -0.05) is 5.92 Å². The predicted molar refractivity (Wildman–Crippen MR) is 125 cm³/mol. The molecule has 0 aromatic carbocycles. The van der Waals surface area contributed by atoms with Crippen LogP contribution in [-0.2, 0) is 28.7 Å². The number of hydrogen-bond acceptors (Lipinski definition) is 6. The highest BCUT2D eigenvalue weighted by atomic mass is 16.6. The number of ether oxygens (including phenoxy) is 2. The second-order valence-corrected chi connectivity index (χ2v) is 11.6. The highest BCUT2D eigenvalue weighted by molar-refractivity contribution is 5.90. The minimum atomic E-state index is -0.948. The molecule has 34 heavy (non-hydrogen) atoms. The van der Waals surface area contributed by atoms with E-state index in [9.17, 15) is 19.2 Å². The maximum Gasteiger partial charge on any atom is 0.330 e. The summed E-state index contributed by atoms with van der Waals surface area (Å²) in [5.74, 6) is 5.15. The van der Waals surface area contributed by atoms with Gasteiger partial charge in [-0.05, 0) is 71.1 Å². The van der Waals surface area contributed by atoms with Crippen LogP contribution in [-0.4, -0.2) is 61.5 Å². The fourth-order valence-corrected chi connectivity index (χ4v) is 6.33. The molecule has 4 fully saturated rings. The van der Waals surface area contributed by atoms with Gasteiger partial charge in [-0.3, -0.25) is 14.4 Å². The van der Waals surface area contributed by atoms with Gasteiger partial charge in [-0.2, -0.15) is 0 Å². The van der Waals surface area contributed by atoms with Crippen LogP contribution in [0.2, 0.25) is 0 Å². The molecule has 0 heterocycles. The van der Waals surface area contributed by atoms with Crippen LogP contribution in [0.15, 0.2) is 0 Å². The fraction of sp³-hybridized carbons (Fsp3) is 0.769. The van der Waals surface area contributed by atoms with E-state index in [0.717, 1.165) is 32.1 Å². The Morgan fingerprint density at radius 3 is 2.15 bits per heavy atom. The van der Waals surface area contributed by atoms with E-state index in [0.29, 0.717) is 18.3 Å². The monoisotopic (exact) mass is 474 g/mol. The van der Waals surface area contributed by atoms with Crippen LogP contribution in [0.1, 0.15) is 72.1 Å². The largest absolute Gasteiger partial charge is 0.469 e. The van der Waals surface area contributed by atoms with Gasteiger partial charge in [0, 0.05) is 20.5 Å². The second kappa shape index (κ2) is 9.59. The first kappa shape index (κ1) is 26.1. The molecule has 0 spiro atoms. The normalized spacial score (nSPS) is 29.9. The first-order valence-corrected chi connectivity index (χ1v) is 12.1. The Labute approximate surface area is 202 Å². The number of carbonyl (C=O) groups is 4. The van der Waals surface area contributed by atoms with Crippen molar-refractivity contribution in [2.24, 2.45) is 22.7 Å². The van der Waals surface area contributed by atoms with Gasteiger partial charge < -0.3 is 19.7 Å². The van der Waals surface area contributed by atoms with Gasteiger partial charge >= 0.3 is 11.9 Å². The lowest BCUT2D eigenvalue weighted by molar-refractivity contribution is -0.183. The first-order valence-electron chi connectivity index (χ1n) is 12.1. The molecule has 1 N–H and O–H groups in total. The molecule has 4 aliphatic rings. The zero-order valence-corrected chi connectivity index (χ0v) is 21.3. The van der Waals surface area contributed by atoms with Crippen LogP contribution < -0.4 is 5.32 Å². The third-order valence-corrected chi connectivity index (χ3v) is 7.33. The van der Waals surface area contributed by atoms with Crippen molar-refractivity contribution in [3.8, 4) is 11.8 Å². The van der Waals surface area contributed by atoms with Crippen molar-refractivity contribution in [3.05, 3.63) is 0 Å². The first-order chi connectivity index (χ1) is 15.8. The maximum atomic E-state index is 13.7. The molecule has 4 rings (SSSR count). The molecule has 0 radical (unpaired) electrons. The van der Waals surface area contributed by atoms with Gasteiger partial charge in [0.1, 0.15) is 11.6 Å². The van der Waals surface area contributed by atoms with Gasteiger partial charge in [-0.15, -0.1) is 5.92 Å². The van der Waals surface area contributed by atoms with E-state index in [2.05, 4.69) is 17.2 Å². The smallest absolute Gasteiger partial charge is 0.330 e. The van der Waals surface area contributed by atoms with Crippen molar-refractivity contribution >= 4 is 23.8 Å². The Hall–Kier alpha value is -2.56. The van der Waals surface area contributed by atoms with Crippen LogP contribution in [0, 0.1) is 34.5 Å². The Bertz CT molecular complexity index is 892. The zero-order valence-electron chi connectivity index (χ0n) is 21.3. The summed E-state index contributed by atoms with van der Waals surface area (Å²) in [6.07, 6.45) is 4.56. The number of nitrogens with zero attached hydrogens (tertiary/aromatic N) is 1. The molecular weight excluding hydrogens is 436 g/mol. The average molecular weight is 475 g/mol. The molecule has 3 atom stereocenters. The van der Waals surface area contributed by atoms with Crippen molar-refractivity contribution in [2.45, 2.75) is 83.8 Å². The highest BCUT2D eigenvalue weighted by Gasteiger charge is 2.63. The highest BCUT2D eigenvalue weighted by Crippen LogP contribution is 2.65. The standard InChI is InChI=1S/C26H38N2O6/c1-24(2,3)34-21(30)19(9-7-8-10-20(29)28(4)5)27-22(31)25-12-17-11-18(13-25)15-26(14-17,16-25)23(32)33-6/h17-19H,9-16H2,1-6H3,(H,27,31). The van der Waals surface area contributed by atoms with E-state index in [4.69, 9.17) is 9.47 Å². The molecule has 188 valence electrons. The van der Waals surface area contributed by atoms with E-state index in [-0.39, 0.29) is 30.6 Å². The molecule has 4 saturated carbocycles. The Kier molecular flexibility index (Phi) is 7.35. The van der Waals surface area contributed by atoms with E-state index >= 15 is 0 Å². The molecule has 3 unspecified atom stereocenters. The van der Waals surface area contributed by atoms with E-state index in [1.807, 2.05) is 0 Å². The molecule has 8 nitrogen and oxygen atoms in total. The molecule has 2 amide bonds. The van der Waals surface area contributed by atoms with Gasteiger partial charge in [0.25, 0.3) is 0 Å². The lowest BCUT2D eigenvalue weighted by Crippen LogP contribution is -2.61. The van der Waals surface area contributed by atoms with Crippen LogP contribution in [0.3, 0.4) is 0 Å². The van der Waals surface area contributed by atoms with Crippen molar-refractivity contribution in [1.29, 1.82) is 0 Å². The zero-order chi connectivity index (χ0) is 25.3. The lowest BCUT2D eigenvalue weighted by atomic mass is 9.44. The average Bonchev–Trinajstić information content (AvgIpc) is 2.72. The number of hydrogen-bond donors (Lipinski definition) is 1. The topological polar surface area (TPSA) is 102 Å². The van der Waals surface area contributed by atoms with Crippen molar-refractivity contribution in [1.82, 2.24) is 10.2 Å². The number of esters is 2. The molecule has 8 heteroatoms. The van der Waals surface area contributed by atoms with Crippen LogP contribution >= 0.6 is 0 Å². The number of rotatable bonds is 6.